The molecule has 2 nitrogen and oxygen atoms in total. The van der Waals surface area contributed by atoms with Gasteiger partial charge in [-0.15, -0.1) is 0 Å². The molecular formula is C24H19NO. The zero-order chi connectivity index (χ0) is 17.5. The van der Waals surface area contributed by atoms with Crippen molar-refractivity contribution in [2.24, 2.45) is 0 Å². The molecule has 2 heteroatoms. The lowest BCUT2D eigenvalue weighted by Gasteiger charge is -2.25. The largest absolute Gasteiger partial charge is 0.457 e. The Morgan fingerprint density at radius 1 is 0.808 bits per heavy atom. The number of aryl methyl sites for hydroxylation is 1. The van der Waals surface area contributed by atoms with E-state index in [0.717, 1.165) is 17.1 Å². The lowest BCUT2D eigenvalue weighted by atomic mass is 9.86. The first kappa shape index (κ1) is 15.0. The minimum absolute atomic E-state index is 0.159. The molecule has 1 aromatic heterocycles. The van der Waals surface area contributed by atoms with Gasteiger partial charge in [0.1, 0.15) is 11.5 Å². The molecular weight excluding hydrogens is 318 g/mol. The Hall–Kier alpha value is -3.26. The molecule has 4 aromatic rings. The Labute approximate surface area is 152 Å². The third kappa shape index (κ3) is 2.34. The molecule has 0 saturated carbocycles. The van der Waals surface area contributed by atoms with E-state index in [9.17, 15) is 0 Å². The minimum Gasteiger partial charge on any atom is -0.457 e. The van der Waals surface area contributed by atoms with Gasteiger partial charge in [0, 0.05) is 33.6 Å². The summed E-state index contributed by atoms with van der Waals surface area (Å²) in [6.45, 7) is 2.16. The molecule has 2 heterocycles. The minimum atomic E-state index is 0.159. The molecule has 1 unspecified atom stereocenters. The Morgan fingerprint density at radius 2 is 1.54 bits per heavy atom. The normalized spacial score (nSPS) is 16.0. The fourth-order valence-electron chi connectivity index (χ4n) is 3.92. The van der Waals surface area contributed by atoms with Gasteiger partial charge >= 0.3 is 0 Å². The fraction of sp³-hybridized carbons (Fsp3) is 0.0833. The van der Waals surface area contributed by atoms with Gasteiger partial charge in [0.25, 0.3) is 0 Å². The van der Waals surface area contributed by atoms with Gasteiger partial charge in [-0.2, -0.15) is 0 Å². The van der Waals surface area contributed by atoms with Crippen LogP contribution < -0.4 is 4.74 Å². The first-order valence-electron chi connectivity index (χ1n) is 8.92. The van der Waals surface area contributed by atoms with Crippen LogP contribution in [0.15, 0.2) is 84.9 Å². The van der Waals surface area contributed by atoms with Crippen molar-refractivity contribution in [3.8, 4) is 5.75 Å². The number of hydrogen-bond acceptors (Lipinski definition) is 1. The summed E-state index contributed by atoms with van der Waals surface area (Å²) in [7, 11) is 0. The summed E-state index contributed by atoms with van der Waals surface area (Å²) in [5.74, 6) is 2.01. The van der Waals surface area contributed by atoms with E-state index in [1.54, 1.807) is 0 Å². The summed E-state index contributed by atoms with van der Waals surface area (Å²) >= 11 is 0. The quantitative estimate of drug-likeness (QED) is 0.474. The third-order valence-corrected chi connectivity index (χ3v) is 5.10. The van der Waals surface area contributed by atoms with Gasteiger partial charge in [-0.25, -0.2) is 0 Å². The molecule has 1 aliphatic heterocycles. The van der Waals surface area contributed by atoms with E-state index in [1.807, 2.05) is 24.3 Å². The van der Waals surface area contributed by atoms with E-state index < -0.39 is 0 Å². The van der Waals surface area contributed by atoms with Crippen LogP contribution in [-0.4, -0.2) is 4.98 Å². The van der Waals surface area contributed by atoms with Crippen molar-refractivity contribution in [2.75, 3.05) is 0 Å². The van der Waals surface area contributed by atoms with E-state index in [-0.39, 0.29) is 5.92 Å². The zero-order valence-electron chi connectivity index (χ0n) is 14.6. The van der Waals surface area contributed by atoms with E-state index in [4.69, 9.17) is 4.74 Å². The van der Waals surface area contributed by atoms with Gasteiger partial charge in [-0.3, -0.25) is 0 Å². The molecule has 0 fully saturated rings. The lowest BCUT2D eigenvalue weighted by Crippen LogP contribution is -2.10. The Morgan fingerprint density at radius 3 is 2.42 bits per heavy atom. The number of ether oxygens (including phenoxy) is 1. The number of H-pyrrole nitrogens is 1. The van der Waals surface area contributed by atoms with Gasteiger partial charge in [-0.1, -0.05) is 66.7 Å². The number of fused-ring (bicyclic) bond motifs is 2. The summed E-state index contributed by atoms with van der Waals surface area (Å²) < 4.78 is 6.25. The molecule has 1 atom stereocenters. The first-order valence-corrected chi connectivity index (χ1v) is 8.92. The number of rotatable bonds is 2. The average Bonchev–Trinajstić information content (AvgIpc) is 3.03. The van der Waals surface area contributed by atoms with Gasteiger partial charge in [0.15, 0.2) is 0 Å². The predicted molar refractivity (Wildman–Crippen MR) is 106 cm³/mol. The topological polar surface area (TPSA) is 25.0 Å². The van der Waals surface area contributed by atoms with E-state index in [1.165, 1.54) is 27.7 Å². The summed E-state index contributed by atoms with van der Waals surface area (Å²) in [6, 6.07) is 27.2. The number of aromatic nitrogens is 1. The van der Waals surface area contributed by atoms with E-state index in [2.05, 4.69) is 72.6 Å². The van der Waals surface area contributed by atoms with Crippen LogP contribution in [0.3, 0.4) is 0 Å². The van der Waals surface area contributed by atoms with Crippen molar-refractivity contribution in [3.05, 3.63) is 107 Å². The first-order chi connectivity index (χ1) is 12.8. The number of hydrogen-bond donors (Lipinski definition) is 1. The molecule has 0 spiro atoms. The molecule has 1 N–H and O–H groups in total. The molecule has 126 valence electrons. The van der Waals surface area contributed by atoms with Gasteiger partial charge in [-0.05, 0) is 30.7 Å². The molecule has 0 radical (unpaired) electrons. The number of aromatic amines is 1. The van der Waals surface area contributed by atoms with Crippen molar-refractivity contribution in [1.29, 1.82) is 0 Å². The van der Waals surface area contributed by atoms with Crippen LogP contribution in [0.2, 0.25) is 0 Å². The van der Waals surface area contributed by atoms with Crippen LogP contribution >= 0.6 is 0 Å². The van der Waals surface area contributed by atoms with Crippen LogP contribution in [0.1, 0.15) is 28.3 Å². The van der Waals surface area contributed by atoms with Crippen LogP contribution in [0.25, 0.3) is 16.7 Å². The monoisotopic (exact) mass is 337 g/mol. The van der Waals surface area contributed by atoms with Gasteiger partial charge in [0.2, 0.25) is 0 Å². The standard InChI is InChI=1S/C24H19NO/c1-16-24(19-12-5-7-13-21(19)25-16)20-15-23(17-9-3-2-4-10-17)26-22-14-8-6-11-18(20)22/h2-15,20,25H,1H3. The van der Waals surface area contributed by atoms with Gasteiger partial charge < -0.3 is 9.72 Å². The molecule has 26 heavy (non-hydrogen) atoms. The maximum atomic E-state index is 6.25. The maximum absolute atomic E-state index is 6.25. The maximum Gasteiger partial charge on any atom is 0.131 e. The van der Waals surface area contributed by atoms with Crippen molar-refractivity contribution in [3.63, 3.8) is 0 Å². The second kappa shape index (κ2) is 5.92. The molecule has 0 aliphatic carbocycles. The highest BCUT2D eigenvalue weighted by Crippen LogP contribution is 2.43. The molecule has 3 aromatic carbocycles. The summed E-state index contributed by atoms with van der Waals surface area (Å²) in [5.41, 5.74) is 6.02. The number of nitrogens with one attached hydrogen (secondary N) is 1. The summed E-state index contributed by atoms with van der Waals surface area (Å²) in [6.07, 6.45) is 2.25. The van der Waals surface area contributed by atoms with Crippen molar-refractivity contribution >= 4 is 16.7 Å². The average molecular weight is 337 g/mol. The van der Waals surface area contributed by atoms with Crippen LogP contribution in [0.4, 0.5) is 0 Å². The molecule has 5 rings (SSSR count). The SMILES string of the molecule is Cc1[nH]c2ccccc2c1C1C=C(c2ccccc2)Oc2ccccc21. The molecule has 1 aliphatic rings. The van der Waals surface area contributed by atoms with Gasteiger partial charge in [0.05, 0.1) is 0 Å². The zero-order valence-corrected chi connectivity index (χ0v) is 14.6. The third-order valence-electron chi connectivity index (χ3n) is 5.10. The van der Waals surface area contributed by atoms with Crippen molar-refractivity contribution in [2.45, 2.75) is 12.8 Å². The molecule has 0 amide bonds. The highest BCUT2D eigenvalue weighted by molar-refractivity contribution is 5.87. The Balaban J connectivity index is 1.75. The fourth-order valence-corrected chi connectivity index (χ4v) is 3.92. The molecule has 0 bridgehead atoms. The van der Waals surface area contributed by atoms with Crippen molar-refractivity contribution < 1.29 is 4.74 Å². The summed E-state index contributed by atoms with van der Waals surface area (Å²) in [5, 5.41) is 1.27. The van der Waals surface area contributed by atoms with Crippen LogP contribution in [0, 0.1) is 6.92 Å². The van der Waals surface area contributed by atoms with Crippen LogP contribution in [0.5, 0.6) is 5.75 Å². The highest BCUT2D eigenvalue weighted by atomic mass is 16.5. The Kier molecular flexibility index (Phi) is 3.42. The van der Waals surface area contributed by atoms with E-state index >= 15 is 0 Å². The second-order valence-corrected chi connectivity index (χ2v) is 6.72. The lowest BCUT2D eigenvalue weighted by molar-refractivity contribution is 0.492. The Bertz CT molecular complexity index is 1120. The number of benzene rings is 3. The molecule has 0 saturated heterocycles. The smallest absolute Gasteiger partial charge is 0.131 e. The van der Waals surface area contributed by atoms with Crippen LogP contribution in [-0.2, 0) is 0 Å². The predicted octanol–water partition coefficient (Wildman–Crippen LogP) is 6.04. The summed E-state index contributed by atoms with van der Waals surface area (Å²) in [4.78, 5) is 3.54. The highest BCUT2D eigenvalue weighted by Gasteiger charge is 2.27. The number of para-hydroxylation sites is 2. The van der Waals surface area contributed by atoms with Crippen molar-refractivity contribution in [1.82, 2.24) is 4.98 Å². The number of allylic oxidation sites excluding steroid dienone is 1. The second-order valence-electron chi connectivity index (χ2n) is 6.72. The van der Waals surface area contributed by atoms with E-state index in [0.29, 0.717) is 0 Å².